The Balaban J connectivity index is 1.81. The van der Waals surface area contributed by atoms with E-state index in [2.05, 4.69) is 5.32 Å². The molecule has 2 heterocycles. The first-order valence-electron chi connectivity index (χ1n) is 11.7. The second-order valence-corrected chi connectivity index (χ2v) is 9.94. The monoisotopic (exact) mass is 434 g/mol. The van der Waals surface area contributed by atoms with E-state index in [1.54, 1.807) is 0 Å². The molecule has 0 radical (unpaired) electrons. The fourth-order valence-electron chi connectivity index (χ4n) is 5.13. The smallest absolute Gasteiger partial charge is 0.323 e. The Hall–Kier alpha value is -2.66. The molecule has 0 unspecified atom stereocenters. The van der Waals surface area contributed by atoms with E-state index in [0.29, 0.717) is 6.42 Å². The van der Waals surface area contributed by atoms with Crippen molar-refractivity contribution in [2.24, 2.45) is 5.92 Å². The van der Waals surface area contributed by atoms with Gasteiger partial charge in [0.25, 0.3) is 0 Å². The standard InChI is InChI=1S/C27H34N2O3/c1-26(2,3)32-25(31)23-19-22(24(30)29-17-11-6-12-18-29)27(28-23,20-13-7-4-8-14-20)21-15-9-5-10-16-21/h4-5,7-10,13-16,22-23,28H,6,11-12,17-19H2,1-3H3/t22-,23+/m0/s1. The number of hydrogen-bond acceptors (Lipinski definition) is 4. The fourth-order valence-corrected chi connectivity index (χ4v) is 5.13. The van der Waals surface area contributed by atoms with Crippen molar-refractivity contribution >= 4 is 11.9 Å². The van der Waals surface area contributed by atoms with Crippen molar-refractivity contribution in [2.75, 3.05) is 13.1 Å². The van der Waals surface area contributed by atoms with Gasteiger partial charge in [0.15, 0.2) is 0 Å². The van der Waals surface area contributed by atoms with Crippen molar-refractivity contribution in [3.8, 4) is 0 Å². The molecular formula is C27H34N2O3. The van der Waals surface area contributed by atoms with Crippen LogP contribution in [0.3, 0.4) is 0 Å². The van der Waals surface area contributed by atoms with E-state index < -0.39 is 23.1 Å². The Morgan fingerprint density at radius 2 is 1.44 bits per heavy atom. The van der Waals surface area contributed by atoms with Crippen molar-refractivity contribution < 1.29 is 14.3 Å². The van der Waals surface area contributed by atoms with E-state index in [4.69, 9.17) is 4.74 Å². The molecule has 0 saturated carbocycles. The number of hydrogen-bond donors (Lipinski definition) is 1. The van der Waals surface area contributed by atoms with Gasteiger partial charge in [-0.15, -0.1) is 0 Å². The average Bonchev–Trinajstić information content (AvgIpc) is 3.21. The summed E-state index contributed by atoms with van der Waals surface area (Å²) in [6.07, 6.45) is 3.64. The molecule has 2 fully saturated rings. The molecule has 2 atom stereocenters. The van der Waals surface area contributed by atoms with Gasteiger partial charge in [0, 0.05) is 13.1 Å². The SMILES string of the molecule is CC(C)(C)OC(=O)[C@H]1C[C@@H](C(=O)N2CCCCC2)C(c2ccccc2)(c2ccccc2)N1. The molecule has 0 spiro atoms. The first-order chi connectivity index (χ1) is 15.3. The van der Waals surface area contributed by atoms with E-state index in [9.17, 15) is 9.59 Å². The molecule has 2 aromatic carbocycles. The molecule has 2 saturated heterocycles. The average molecular weight is 435 g/mol. The van der Waals surface area contributed by atoms with E-state index in [1.165, 1.54) is 0 Å². The summed E-state index contributed by atoms with van der Waals surface area (Å²) in [6, 6.07) is 19.6. The zero-order valence-electron chi connectivity index (χ0n) is 19.3. The van der Waals surface area contributed by atoms with Gasteiger partial charge < -0.3 is 9.64 Å². The molecule has 1 N–H and O–H groups in total. The number of likely N-dealkylation sites (tertiary alicyclic amines) is 1. The van der Waals surface area contributed by atoms with Crippen LogP contribution in [0.4, 0.5) is 0 Å². The van der Waals surface area contributed by atoms with Crippen molar-refractivity contribution in [1.82, 2.24) is 10.2 Å². The molecular weight excluding hydrogens is 400 g/mol. The number of piperidine rings is 1. The maximum Gasteiger partial charge on any atom is 0.323 e. The molecule has 5 nitrogen and oxygen atoms in total. The summed E-state index contributed by atoms with van der Waals surface area (Å²) < 4.78 is 5.73. The van der Waals surface area contributed by atoms with Gasteiger partial charge in [0.2, 0.25) is 5.91 Å². The second-order valence-electron chi connectivity index (χ2n) is 9.94. The third-order valence-corrected chi connectivity index (χ3v) is 6.51. The van der Waals surface area contributed by atoms with Crippen LogP contribution in [0.1, 0.15) is 57.6 Å². The Kier molecular flexibility index (Phi) is 6.38. The lowest BCUT2D eigenvalue weighted by molar-refractivity contribution is -0.157. The van der Waals surface area contributed by atoms with Crippen LogP contribution in [0.25, 0.3) is 0 Å². The van der Waals surface area contributed by atoms with Gasteiger partial charge in [-0.3, -0.25) is 14.9 Å². The van der Waals surface area contributed by atoms with Crippen molar-refractivity contribution in [3.05, 3.63) is 71.8 Å². The van der Waals surface area contributed by atoms with Crippen LogP contribution < -0.4 is 5.32 Å². The third-order valence-electron chi connectivity index (χ3n) is 6.51. The van der Waals surface area contributed by atoms with Gasteiger partial charge >= 0.3 is 5.97 Å². The van der Waals surface area contributed by atoms with Gasteiger partial charge in [-0.25, -0.2) is 0 Å². The van der Waals surface area contributed by atoms with Crippen LogP contribution in [0.15, 0.2) is 60.7 Å². The number of carbonyl (C=O) groups excluding carboxylic acids is 2. The van der Waals surface area contributed by atoms with Gasteiger partial charge in [-0.2, -0.15) is 0 Å². The van der Waals surface area contributed by atoms with E-state index >= 15 is 0 Å². The maximum absolute atomic E-state index is 13.9. The van der Waals surface area contributed by atoms with Crippen LogP contribution in [-0.2, 0) is 19.9 Å². The Labute approximate surface area is 191 Å². The Morgan fingerprint density at radius 3 is 1.94 bits per heavy atom. The number of benzene rings is 2. The zero-order chi connectivity index (χ0) is 22.8. The number of nitrogens with zero attached hydrogens (tertiary/aromatic N) is 1. The summed E-state index contributed by atoms with van der Waals surface area (Å²) in [6.45, 7) is 7.19. The number of amides is 1. The highest BCUT2D eigenvalue weighted by molar-refractivity contribution is 5.86. The summed E-state index contributed by atoms with van der Waals surface area (Å²) in [7, 11) is 0. The lowest BCUT2D eigenvalue weighted by Gasteiger charge is -2.39. The zero-order valence-corrected chi connectivity index (χ0v) is 19.3. The molecule has 1 amide bonds. The fraction of sp³-hybridized carbons (Fsp3) is 0.481. The molecule has 0 aliphatic carbocycles. The molecule has 0 bridgehead atoms. The Bertz CT molecular complexity index is 891. The van der Waals surface area contributed by atoms with Gasteiger partial charge in [-0.05, 0) is 57.6 Å². The molecule has 2 aromatic rings. The normalized spacial score (nSPS) is 23.0. The summed E-state index contributed by atoms with van der Waals surface area (Å²) in [5.41, 5.74) is 0.606. The van der Waals surface area contributed by atoms with Crippen LogP contribution in [-0.4, -0.2) is 41.5 Å². The molecule has 32 heavy (non-hydrogen) atoms. The van der Waals surface area contributed by atoms with E-state index in [-0.39, 0.29) is 11.9 Å². The lowest BCUT2D eigenvalue weighted by Crippen LogP contribution is -2.52. The quantitative estimate of drug-likeness (QED) is 0.731. The van der Waals surface area contributed by atoms with Crippen LogP contribution in [0, 0.1) is 5.92 Å². The highest BCUT2D eigenvalue weighted by atomic mass is 16.6. The van der Waals surface area contributed by atoms with Gasteiger partial charge in [-0.1, -0.05) is 60.7 Å². The minimum atomic E-state index is -0.793. The van der Waals surface area contributed by atoms with Crippen LogP contribution in [0.2, 0.25) is 0 Å². The van der Waals surface area contributed by atoms with E-state index in [0.717, 1.165) is 43.5 Å². The van der Waals surface area contributed by atoms with Crippen molar-refractivity contribution in [2.45, 2.75) is 63.6 Å². The van der Waals surface area contributed by atoms with E-state index in [1.807, 2.05) is 86.3 Å². The van der Waals surface area contributed by atoms with Crippen LogP contribution >= 0.6 is 0 Å². The Morgan fingerprint density at radius 1 is 0.906 bits per heavy atom. The topological polar surface area (TPSA) is 58.6 Å². The maximum atomic E-state index is 13.9. The van der Waals surface area contributed by atoms with Crippen molar-refractivity contribution in [1.29, 1.82) is 0 Å². The van der Waals surface area contributed by atoms with Crippen LogP contribution in [0.5, 0.6) is 0 Å². The minimum Gasteiger partial charge on any atom is -0.459 e. The summed E-state index contributed by atoms with van der Waals surface area (Å²) >= 11 is 0. The highest BCUT2D eigenvalue weighted by Gasteiger charge is 2.55. The molecule has 0 aromatic heterocycles. The lowest BCUT2D eigenvalue weighted by atomic mass is 9.73. The highest BCUT2D eigenvalue weighted by Crippen LogP contribution is 2.45. The molecule has 170 valence electrons. The molecule has 4 rings (SSSR count). The third kappa shape index (κ3) is 4.44. The number of nitrogens with one attached hydrogen (secondary N) is 1. The number of rotatable bonds is 4. The summed E-state index contributed by atoms with van der Waals surface area (Å²) in [4.78, 5) is 29.1. The van der Waals surface area contributed by atoms with Crippen molar-refractivity contribution in [3.63, 3.8) is 0 Å². The summed E-state index contributed by atoms with van der Waals surface area (Å²) in [5.74, 6) is -0.582. The first kappa shape index (κ1) is 22.5. The summed E-state index contributed by atoms with van der Waals surface area (Å²) in [5, 5.41) is 3.61. The number of carbonyl (C=O) groups is 2. The molecule has 5 heteroatoms. The predicted octanol–water partition coefficient (Wildman–Crippen LogP) is 4.26. The van der Waals surface area contributed by atoms with Gasteiger partial charge in [0.1, 0.15) is 11.6 Å². The number of ether oxygens (including phenoxy) is 1. The second kappa shape index (κ2) is 9.07. The molecule has 2 aliphatic rings. The largest absolute Gasteiger partial charge is 0.459 e. The minimum absolute atomic E-state index is 0.121. The predicted molar refractivity (Wildman–Crippen MR) is 125 cm³/mol. The van der Waals surface area contributed by atoms with Gasteiger partial charge in [0.05, 0.1) is 11.5 Å². The molecule has 2 aliphatic heterocycles. The first-order valence-corrected chi connectivity index (χ1v) is 11.7. The number of esters is 1.